The SMILES string of the molecule is C[N+]1=C(NS(=O)(=O)C2CCCCC2)CC(C2CCCCC2)=N1. The Labute approximate surface area is 133 Å². The Bertz CT molecular complexity index is 568. The first-order valence-electron chi connectivity index (χ1n) is 8.75. The van der Waals surface area contributed by atoms with Crippen molar-refractivity contribution in [1.29, 1.82) is 0 Å². The highest BCUT2D eigenvalue weighted by Gasteiger charge is 2.36. The molecule has 0 radical (unpaired) electrons. The minimum atomic E-state index is -3.26. The van der Waals surface area contributed by atoms with Gasteiger partial charge in [-0.25, -0.2) is 0 Å². The van der Waals surface area contributed by atoms with Gasteiger partial charge in [0.25, 0.3) is 5.84 Å². The molecule has 1 N–H and O–H groups in total. The second-order valence-corrected chi connectivity index (χ2v) is 8.94. The van der Waals surface area contributed by atoms with Gasteiger partial charge in [-0.15, -0.1) is 4.68 Å². The van der Waals surface area contributed by atoms with Gasteiger partial charge in [0, 0.05) is 5.92 Å². The van der Waals surface area contributed by atoms with Gasteiger partial charge in [0.2, 0.25) is 0 Å². The number of amidine groups is 1. The average molecular weight is 326 g/mol. The van der Waals surface area contributed by atoms with E-state index in [1.165, 1.54) is 37.8 Å². The van der Waals surface area contributed by atoms with Crippen molar-refractivity contribution >= 4 is 21.6 Å². The van der Waals surface area contributed by atoms with Crippen LogP contribution in [0.4, 0.5) is 0 Å². The summed E-state index contributed by atoms with van der Waals surface area (Å²) in [6, 6.07) is 0. The molecule has 2 fully saturated rings. The van der Waals surface area contributed by atoms with E-state index in [0.29, 0.717) is 12.3 Å². The number of hydrazone groups is 1. The topological polar surface area (TPSA) is 61.5 Å². The van der Waals surface area contributed by atoms with Gasteiger partial charge in [0.1, 0.15) is 7.05 Å². The van der Waals surface area contributed by atoms with Crippen molar-refractivity contribution in [3.8, 4) is 0 Å². The summed E-state index contributed by atoms with van der Waals surface area (Å²) in [6.45, 7) is 0. The van der Waals surface area contributed by atoms with E-state index in [4.69, 9.17) is 0 Å². The van der Waals surface area contributed by atoms with E-state index in [-0.39, 0.29) is 5.25 Å². The van der Waals surface area contributed by atoms with E-state index in [9.17, 15) is 8.42 Å². The van der Waals surface area contributed by atoms with Crippen LogP contribution in [0, 0.1) is 5.92 Å². The largest absolute Gasteiger partial charge is 0.301 e. The first-order valence-corrected chi connectivity index (χ1v) is 10.3. The lowest BCUT2D eigenvalue weighted by molar-refractivity contribution is -0.501. The smallest absolute Gasteiger partial charge is 0.184 e. The fourth-order valence-corrected chi connectivity index (χ4v) is 5.61. The summed E-state index contributed by atoms with van der Waals surface area (Å²) in [5.41, 5.74) is 1.17. The van der Waals surface area contributed by atoms with E-state index < -0.39 is 10.0 Å². The van der Waals surface area contributed by atoms with Crippen LogP contribution in [-0.4, -0.2) is 36.9 Å². The van der Waals surface area contributed by atoms with Gasteiger partial charge in [-0.3, -0.25) is 0 Å². The maximum absolute atomic E-state index is 12.6. The molecule has 3 rings (SSSR count). The Morgan fingerprint density at radius 3 is 2.23 bits per heavy atom. The highest BCUT2D eigenvalue weighted by molar-refractivity contribution is 7.90. The lowest BCUT2D eigenvalue weighted by Gasteiger charge is -2.21. The number of nitrogens with zero attached hydrogens (tertiary/aromatic N) is 2. The van der Waals surface area contributed by atoms with E-state index in [1.54, 1.807) is 4.68 Å². The van der Waals surface area contributed by atoms with Crippen LogP contribution < -0.4 is 4.72 Å². The molecule has 0 bridgehead atoms. The number of hydrogen-bond acceptors (Lipinski definition) is 3. The Morgan fingerprint density at radius 1 is 1.00 bits per heavy atom. The van der Waals surface area contributed by atoms with Crippen LogP contribution in [0.25, 0.3) is 0 Å². The number of hydrogen-bond donors (Lipinski definition) is 1. The van der Waals surface area contributed by atoms with Gasteiger partial charge in [0.05, 0.1) is 17.4 Å². The summed E-state index contributed by atoms with van der Waals surface area (Å²) in [5.74, 6) is 1.29. The second kappa shape index (κ2) is 6.69. The molecule has 0 aromatic heterocycles. The number of sulfonamides is 1. The number of rotatable bonds is 3. The van der Waals surface area contributed by atoms with Crippen molar-refractivity contribution in [3.05, 3.63) is 0 Å². The molecule has 6 heteroatoms. The van der Waals surface area contributed by atoms with Crippen molar-refractivity contribution < 1.29 is 13.1 Å². The maximum Gasteiger partial charge on any atom is 0.301 e. The molecule has 22 heavy (non-hydrogen) atoms. The molecule has 2 saturated carbocycles. The summed E-state index contributed by atoms with van der Waals surface area (Å²) in [5, 5.41) is 4.39. The normalized spacial score (nSPS) is 25.4. The monoisotopic (exact) mass is 326 g/mol. The Balaban J connectivity index is 1.62. The van der Waals surface area contributed by atoms with Crippen LogP contribution in [0.5, 0.6) is 0 Å². The van der Waals surface area contributed by atoms with E-state index in [0.717, 1.165) is 37.9 Å². The summed E-state index contributed by atoms with van der Waals surface area (Å²) in [4.78, 5) is 0. The van der Waals surface area contributed by atoms with Crippen LogP contribution in [0.2, 0.25) is 0 Å². The Morgan fingerprint density at radius 2 is 1.59 bits per heavy atom. The molecule has 0 aromatic rings. The lowest BCUT2D eigenvalue weighted by Crippen LogP contribution is -2.41. The molecule has 1 heterocycles. The van der Waals surface area contributed by atoms with Crippen molar-refractivity contribution in [2.75, 3.05) is 7.05 Å². The fraction of sp³-hybridized carbons (Fsp3) is 0.875. The third-order valence-corrected chi connectivity index (χ3v) is 7.21. The van der Waals surface area contributed by atoms with Gasteiger partial charge < -0.3 is 0 Å². The van der Waals surface area contributed by atoms with E-state index in [1.807, 2.05) is 7.05 Å². The van der Waals surface area contributed by atoms with Gasteiger partial charge in [-0.05, 0) is 25.7 Å². The lowest BCUT2D eigenvalue weighted by atomic mass is 9.85. The van der Waals surface area contributed by atoms with Crippen molar-refractivity contribution in [2.24, 2.45) is 11.0 Å². The standard InChI is InChI=1S/C16H27N3O2S/c1-19-16(12-15(17-19)13-8-4-2-5-9-13)18-22(20,21)14-10-6-3-7-11-14/h13-14H,2-12H2,1H3/p+1. The van der Waals surface area contributed by atoms with Gasteiger partial charge >= 0.3 is 10.0 Å². The molecule has 1 aliphatic heterocycles. The minimum absolute atomic E-state index is 0.221. The van der Waals surface area contributed by atoms with Crippen LogP contribution in [0.3, 0.4) is 0 Å². The molecule has 124 valence electrons. The molecule has 0 unspecified atom stereocenters. The maximum atomic E-state index is 12.6. The predicted molar refractivity (Wildman–Crippen MR) is 88.7 cm³/mol. The summed E-state index contributed by atoms with van der Waals surface area (Å²) < 4.78 is 29.7. The van der Waals surface area contributed by atoms with Crippen molar-refractivity contribution in [2.45, 2.75) is 75.9 Å². The zero-order chi connectivity index (χ0) is 15.6. The first kappa shape index (κ1) is 16.0. The molecule has 0 atom stereocenters. The van der Waals surface area contributed by atoms with E-state index in [2.05, 4.69) is 9.82 Å². The van der Waals surface area contributed by atoms with Gasteiger partial charge in [-0.1, -0.05) is 43.6 Å². The fourth-order valence-electron chi connectivity index (χ4n) is 3.96. The van der Waals surface area contributed by atoms with Crippen molar-refractivity contribution in [1.82, 2.24) is 4.72 Å². The summed E-state index contributed by atoms with van der Waals surface area (Å²) in [7, 11) is -1.40. The minimum Gasteiger partial charge on any atom is -0.184 e. The zero-order valence-corrected chi connectivity index (χ0v) is 14.4. The summed E-state index contributed by atoms with van der Waals surface area (Å²) >= 11 is 0. The quantitative estimate of drug-likeness (QED) is 0.810. The molecular weight excluding hydrogens is 298 g/mol. The Kier molecular flexibility index (Phi) is 4.85. The molecule has 0 spiro atoms. The molecule has 5 nitrogen and oxygen atoms in total. The third-order valence-electron chi connectivity index (χ3n) is 5.35. The van der Waals surface area contributed by atoms with Crippen molar-refractivity contribution in [3.63, 3.8) is 0 Å². The molecule has 2 aliphatic carbocycles. The molecule has 0 saturated heterocycles. The molecule has 3 aliphatic rings. The summed E-state index contributed by atoms with van der Waals surface area (Å²) in [6.07, 6.45) is 11.8. The number of nitrogens with one attached hydrogen (secondary N) is 1. The third kappa shape index (κ3) is 3.53. The first-order chi connectivity index (χ1) is 10.6. The average Bonchev–Trinajstić information content (AvgIpc) is 2.89. The highest BCUT2D eigenvalue weighted by Crippen LogP contribution is 2.28. The van der Waals surface area contributed by atoms with Crippen LogP contribution in [-0.2, 0) is 10.0 Å². The zero-order valence-electron chi connectivity index (χ0n) is 13.6. The van der Waals surface area contributed by atoms with Crippen LogP contribution in [0.15, 0.2) is 5.10 Å². The van der Waals surface area contributed by atoms with Crippen LogP contribution in [0.1, 0.15) is 70.6 Å². The van der Waals surface area contributed by atoms with Gasteiger partial charge in [0.15, 0.2) is 0 Å². The van der Waals surface area contributed by atoms with Crippen LogP contribution >= 0.6 is 0 Å². The molecule has 0 aromatic carbocycles. The highest BCUT2D eigenvalue weighted by atomic mass is 32.2. The second-order valence-electron chi connectivity index (χ2n) is 6.98. The molecular formula is C16H28N3O2S+. The van der Waals surface area contributed by atoms with Gasteiger partial charge in [-0.2, -0.15) is 13.1 Å². The van der Waals surface area contributed by atoms with E-state index >= 15 is 0 Å². The Hall–Kier alpha value is -0.910. The predicted octanol–water partition coefficient (Wildman–Crippen LogP) is 2.62. The molecule has 0 amide bonds.